The van der Waals surface area contributed by atoms with Gasteiger partial charge < -0.3 is 15.7 Å². The van der Waals surface area contributed by atoms with Gasteiger partial charge in [-0.25, -0.2) is 0 Å². The zero-order chi connectivity index (χ0) is 15.2. The second-order valence-electron chi connectivity index (χ2n) is 5.21. The molecule has 0 unspecified atom stereocenters. The Morgan fingerprint density at radius 3 is 2.62 bits per heavy atom. The third-order valence-corrected chi connectivity index (χ3v) is 3.05. The van der Waals surface area contributed by atoms with Crippen molar-refractivity contribution in [3.63, 3.8) is 0 Å². The highest BCUT2D eigenvalue weighted by Gasteiger charge is 2.10. The van der Waals surface area contributed by atoms with Crippen molar-refractivity contribution < 1.29 is 9.90 Å². The van der Waals surface area contributed by atoms with Crippen molar-refractivity contribution in [2.24, 2.45) is 0 Å². The SMILES string of the molecule is CC(C)NCc1cccc(NC(=O)c2ccccc2O)c1. The predicted molar refractivity (Wildman–Crippen MR) is 84.5 cm³/mol. The molecule has 1 amide bonds. The lowest BCUT2D eigenvalue weighted by atomic mass is 10.1. The van der Waals surface area contributed by atoms with Crippen LogP contribution in [0.15, 0.2) is 48.5 Å². The molecular weight excluding hydrogens is 264 g/mol. The van der Waals surface area contributed by atoms with Gasteiger partial charge in [0.2, 0.25) is 0 Å². The normalized spacial score (nSPS) is 10.6. The highest BCUT2D eigenvalue weighted by Crippen LogP contribution is 2.18. The maximum Gasteiger partial charge on any atom is 0.259 e. The standard InChI is InChI=1S/C17H20N2O2/c1-12(2)18-11-13-6-5-7-14(10-13)19-17(21)15-8-3-4-9-16(15)20/h3-10,12,18,20H,11H2,1-2H3,(H,19,21). The number of phenols is 1. The minimum atomic E-state index is -0.318. The fraction of sp³-hybridized carbons (Fsp3) is 0.235. The summed E-state index contributed by atoms with van der Waals surface area (Å²) < 4.78 is 0. The van der Waals surface area contributed by atoms with E-state index >= 15 is 0 Å². The molecule has 0 saturated carbocycles. The zero-order valence-corrected chi connectivity index (χ0v) is 12.3. The average Bonchev–Trinajstić information content (AvgIpc) is 2.46. The average molecular weight is 284 g/mol. The zero-order valence-electron chi connectivity index (χ0n) is 12.3. The van der Waals surface area contributed by atoms with Crippen LogP contribution in [0.4, 0.5) is 5.69 Å². The molecule has 21 heavy (non-hydrogen) atoms. The molecule has 0 atom stereocenters. The minimum Gasteiger partial charge on any atom is -0.507 e. The van der Waals surface area contributed by atoms with Gasteiger partial charge in [0.05, 0.1) is 5.56 Å². The van der Waals surface area contributed by atoms with Gasteiger partial charge in [0.15, 0.2) is 0 Å². The molecular formula is C17H20N2O2. The van der Waals surface area contributed by atoms with Crippen LogP contribution < -0.4 is 10.6 Å². The van der Waals surface area contributed by atoms with E-state index in [1.165, 1.54) is 6.07 Å². The lowest BCUT2D eigenvalue weighted by Gasteiger charge is -2.10. The van der Waals surface area contributed by atoms with Crippen LogP contribution in [0.5, 0.6) is 5.75 Å². The van der Waals surface area contributed by atoms with Crippen molar-refractivity contribution in [1.29, 1.82) is 0 Å². The second-order valence-corrected chi connectivity index (χ2v) is 5.21. The molecule has 0 aliphatic carbocycles. The number of aromatic hydroxyl groups is 1. The van der Waals surface area contributed by atoms with E-state index in [1.54, 1.807) is 18.2 Å². The van der Waals surface area contributed by atoms with Crippen molar-refractivity contribution >= 4 is 11.6 Å². The number of rotatable bonds is 5. The maximum atomic E-state index is 12.1. The molecule has 0 bridgehead atoms. The summed E-state index contributed by atoms with van der Waals surface area (Å²) in [5.41, 5.74) is 2.08. The van der Waals surface area contributed by atoms with E-state index in [0.29, 0.717) is 11.7 Å². The Balaban J connectivity index is 2.07. The Labute approximate surface area is 124 Å². The first-order valence-corrected chi connectivity index (χ1v) is 6.98. The first-order chi connectivity index (χ1) is 10.1. The highest BCUT2D eigenvalue weighted by atomic mass is 16.3. The number of para-hydroxylation sites is 1. The Hall–Kier alpha value is -2.33. The summed E-state index contributed by atoms with van der Waals surface area (Å²) in [5, 5.41) is 15.8. The van der Waals surface area contributed by atoms with Crippen LogP contribution in [0.1, 0.15) is 29.8 Å². The summed E-state index contributed by atoms with van der Waals surface area (Å²) in [6, 6.07) is 14.6. The van der Waals surface area contributed by atoms with E-state index in [1.807, 2.05) is 24.3 Å². The lowest BCUT2D eigenvalue weighted by Crippen LogP contribution is -2.21. The fourth-order valence-electron chi connectivity index (χ4n) is 1.95. The van der Waals surface area contributed by atoms with E-state index < -0.39 is 0 Å². The van der Waals surface area contributed by atoms with Gasteiger partial charge in [0.25, 0.3) is 5.91 Å². The Morgan fingerprint density at radius 2 is 1.90 bits per heavy atom. The number of nitrogens with one attached hydrogen (secondary N) is 2. The number of carbonyl (C=O) groups is 1. The number of hydrogen-bond donors (Lipinski definition) is 3. The van der Waals surface area contributed by atoms with Gasteiger partial charge in [0.1, 0.15) is 5.75 Å². The molecule has 2 rings (SSSR count). The van der Waals surface area contributed by atoms with Crippen molar-refractivity contribution in [2.75, 3.05) is 5.32 Å². The Kier molecular flexibility index (Phi) is 4.95. The van der Waals surface area contributed by atoms with Gasteiger partial charge in [-0.2, -0.15) is 0 Å². The van der Waals surface area contributed by atoms with Crippen molar-refractivity contribution in [3.8, 4) is 5.75 Å². The number of amides is 1. The molecule has 110 valence electrons. The van der Waals surface area contributed by atoms with Crippen LogP contribution in [-0.4, -0.2) is 17.1 Å². The fourth-order valence-corrected chi connectivity index (χ4v) is 1.95. The predicted octanol–water partition coefficient (Wildman–Crippen LogP) is 3.14. The van der Waals surface area contributed by atoms with Crippen LogP contribution in [0, 0.1) is 0 Å². The Morgan fingerprint density at radius 1 is 1.14 bits per heavy atom. The minimum absolute atomic E-state index is 0.0207. The van der Waals surface area contributed by atoms with Crippen molar-refractivity contribution in [2.45, 2.75) is 26.4 Å². The monoisotopic (exact) mass is 284 g/mol. The summed E-state index contributed by atoms with van der Waals surface area (Å²) >= 11 is 0. The third kappa shape index (κ3) is 4.33. The summed E-state index contributed by atoms with van der Waals surface area (Å²) in [6.07, 6.45) is 0. The molecule has 3 N–H and O–H groups in total. The first kappa shape index (κ1) is 15.1. The van der Waals surface area contributed by atoms with Gasteiger partial charge >= 0.3 is 0 Å². The molecule has 0 aliphatic heterocycles. The van der Waals surface area contributed by atoms with Crippen LogP contribution in [0.2, 0.25) is 0 Å². The lowest BCUT2D eigenvalue weighted by molar-refractivity contribution is 0.102. The number of carbonyl (C=O) groups excluding carboxylic acids is 1. The molecule has 0 fully saturated rings. The van der Waals surface area contributed by atoms with Gasteiger partial charge in [-0.1, -0.05) is 38.1 Å². The van der Waals surface area contributed by atoms with Gasteiger partial charge in [0, 0.05) is 18.3 Å². The second kappa shape index (κ2) is 6.90. The number of benzene rings is 2. The van der Waals surface area contributed by atoms with Crippen molar-refractivity contribution in [3.05, 3.63) is 59.7 Å². The molecule has 2 aromatic carbocycles. The number of hydrogen-bond acceptors (Lipinski definition) is 3. The molecule has 0 radical (unpaired) electrons. The quantitative estimate of drug-likeness (QED) is 0.790. The van der Waals surface area contributed by atoms with E-state index in [4.69, 9.17) is 0 Å². The summed E-state index contributed by atoms with van der Waals surface area (Å²) in [4.78, 5) is 12.1. The molecule has 0 spiro atoms. The molecule has 4 heteroatoms. The largest absolute Gasteiger partial charge is 0.507 e. The smallest absolute Gasteiger partial charge is 0.259 e. The number of anilines is 1. The molecule has 4 nitrogen and oxygen atoms in total. The van der Waals surface area contributed by atoms with Gasteiger partial charge in [-0.3, -0.25) is 4.79 Å². The van der Waals surface area contributed by atoms with Gasteiger partial charge in [-0.05, 0) is 29.8 Å². The highest BCUT2D eigenvalue weighted by molar-refractivity contribution is 6.06. The van der Waals surface area contributed by atoms with Crippen molar-refractivity contribution in [1.82, 2.24) is 5.32 Å². The molecule has 0 aromatic heterocycles. The van der Waals surface area contributed by atoms with Crippen LogP contribution >= 0.6 is 0 Å². The van der Waals surface area contributed by atoms with Crippen LogP contribution in [-0.2, 0) is 6.54 Å². The molecule has 0 heterocycles. The maximum absolute atomic E-state index is 12.1. The molecule has 2 aromatic rings. The number of phenolic OH excluding ortho intramolecular Hbond substituents is 1. The van der Waals surface area contributed by atoms with Crippen LogP contribution in [0.3, 0.4) is 0 Å². The Bertz CT molecular complexity index is 624. The van der Waals surface area contributed by atoms with E-state index in [2.05, 4.69) is 24.5 Å². The topological polar surface area (TPSA) is 61.4 Å². The van der Waals surface area contributed by atoms with E-state index in [-0.39, 0.29) is 17.2 Å². The van der Waals surface area contributed by atoms with E-state index in [0.717, 1.165) is 12.1 Å². The summed E-state index contributed by atoms with van der Waals surface area (Å²) in [7, 11) is 0. The summed E-state index contributed by atoms with van der Waals surface area (Å²) in [6.45, 7) is 4.92. The third-order valence-electron chi connectivity index (χ3n) is 3.05. The van der Waals surface area contributed by atoms with Gasteiger partial charge in [-0.15, -0.1) is 0 Å². The summed E-state index contributed by atoms with van der Waals surface area (Å²) in [5.74, 6) is -0.338. The molecule has 0 saturated heterocycles. The van der Waals surface area contributed by atoms with E-state index in [9.17, 15) is 9.90 Å². The van der Waals surface area contributed by atoms with Crippen LogP contribution in [0.25, 0.3) is 0 Å². The first-order valence-electron chi connectivity index (χ1n) is 6.98. The molecule has 0 aliphatic rings.